The highest BCUT2D eigenvalue weighted by Gasteiger charge is 2.25. The van der Waals surface area contributed by atoms with Gasteiger partial charge in [0.05, 0.1) is 11.7 Å². The van der Waals surface area contributed by atoms with Crippen LogP contribution in [0.4, 0.5) is 4.79 Å². The first-order valence-corrected chi connectivity index (χ1v) is 8.73. The molecule has 1 atom stereocenters. The highest BCUT2D eigenvalue weighted by atomic mass is 79.9. The van der Waals surface area contributed by atoms with Gasteiger partial charge in [0.15, 0.2) is 5.76 Å². The van der Waals surface area contributed by atoms with E-state index in [1.54, 1.807) is 25.1 Å². The van der Waals surface area contributed by atoms with Gasteiger partial charge in [0.25, 0.3) is 0 Å². The number of halogens is 1. The maximum Gasteiger partial charge on any atom is 0.405 e. The lowest BCUT2D eigenvalue weighted by Crippen LogP contribution is -2.29. The molecule has 1 aromatic heterocycles. The van der Waals surface area contributed by atoms with Crippen LogP contribution in [0.1, 0.15) is 22.9 Å². The first kappa shape index (κ1) is 18.0. The molecule has 3 aromatic rings. The molecule has 3 N–H and O–H groups in total. The normalized spacial score (nSPS) is 11.9. The lowest BCUT2D eigenvalue weighted by molar-refractivity contribution is 0.190. The van der Waals surface area contributed by atoms with Crippen LogP contribution in [0.3, 0.4) is 0 Å². The highest BCUT2D eigenvalue weighted by Crippen LogP contribution is 2.33. The Morgan fingerprint density at radius 1 is 1.27 bits per heavy atom. The summed E-state index contributed by atoms with van der Waals surface area (Å²) in [6.45, 7) is 1.78. The van der Waals surface area contributed by atoms with Crippen molar-refractivity contribution in [2.24, 2.45) is 0 Å². The van der Waals surface area contributed by atoms with Crippen molar-refractivity contribution in [3.05, 3.63) is 69.8 Å². The first-order chi connectivity index (χ1) is 12.4. The Balaban J connectivity index is 2.02. The minimum absolute atomic E-state index is 0.131. The molecule has 0 aliphatic heterocycles. The van der Waals surface area contributed by atoms with Gasteiger partial charge in [0.2, 0.25) is 0 Å². The monoisotopic (exact) mass is 416 g/mol. The number of rotatable bonds is 5. The number of nitrogens with one attached hydrogen (secondary N) is 1. The van der Waals surface area contributed by atoms with Crippen LogP contribution < -0.4 is 5.32 Å². The third-order valence-electron chi connectivity index (χ3n) is 4.01. The van der Waals surface area contributed by atoms with Gasteiger partial charge in [-0.3, -0.25) is 0 Å². The topological polar surface area (TPSA) is 95.6 Å². The zero-order chi connectivity index (χ0) is 18.7. The molecule has 0 saturated heterocycles. The van der Waals surface area contributed by atoms with Crippen molar-refractivity contribution in [3.63, 3.8) is 0 Å². The molecular weight excluding hydrogens is 400 g/mol. The molecular formula is C19H17BrN2O4. The number of aryl methyl sites for hydroxylation is 1. The quantitative estimate of drug-likeness (QED) is 0.561. The van der Waals surface area contributed by atoms with Crippen LogP contribution in [0.25, 0.3) is 11.3 Å². The summed E-state index contributed by atoms with van der Waals surface area (Å²) in [7, 11) is 0. The van der Waals surface area contributed by atoms with Gasteiger partial charge in [0, 0.05) is 15.6 Å². The van der Waals surface area contributed by atoms with E-state index in [9.17, 15) is 15.0 Å². The molecule has 6 nitrogen and oxygen atoms in total. The van der Waals surface area contributed by atoms with Crippen LogP contribution in [0.15, 0.2) is 57.5 Å². The Kier molecular flexibility index (Phi) is 5.27. The zero-order valence-corrected chi connectivity index (χ0v) is 15.5. The Morgan fingerprint density at radius 3 is 2.65 bits per heavy atom. The molecule has 134 valence electrons. The first-order valence-electron chi connectivity index (χ1n) is 7.93. The van der Waals surface area contributed by atoms with Crippen molar-refractivity contribution in [1.29, 1.82) is 0 Å². The van der Waals surface area contributed by atoms with Gasteiger partial charge in [-0.1, -0.05) is 45.4 Å². The number of aromatic nitrogens is 1. The summed E-state index contributed by atoms with van der Waals surface area (Å²) in [5, 5.41) is 25.5. The summed E-state index contributed by atoms with van der Waals surface area (Å²) in [6, 6.07) is 13.7. The van der Waals surface area contributed by atoms with E-state index in [1.807, 2.05) is 30.3 Å². The van der Waals surface area contributed by atoms with Gasteiger partial charge < -0.3 is 20.1 Å². The molecule has 0 unspecified atom stereocenters. The average molecular weight is 417 g/mol. The molecule has 3 rings (SSSR count). The molecule has 0 bridgehead atoms. The molecule has 26 heavy (non-hydrogen) atoms. The minimum atomic E-state index is -1.14. The lowest BCUT2D eigenvalue weighted by Gasteiger charge is -2.18. The Hall–Kier alpha value is -2.80. The Morgan fingerprint density at radius 2 is 2.00 bits per heavy atom. The molecule has 2 aromatic carbocycles. The van der Waals surface area contributed by atoms with E-state index in [0.717, 1.165) is 15.6 Å². The number of amides is 1. The molecule has 0 aliphatic carbocycles. The Bertz CT molecular complexity index is 922. The zero-order valence-electron chi connectivity index (χ0n) is 13.9. The fraction of sp³-hybridized carbons (Fsp3) is 0.158. The number of aromatic hydroxyl groups is 1. The van der Waals surface area contributed by atoms with Crippen LogP contribution in [0.5, 0.6) is 5.75 Å². The summed E-state index contributed by atoms with van der Waals surface area (Å²) in [5.41, 5.74) is 2.89. The predicted octanol–water partition coefficient (Wildman–Crippen LogP) is 4.67. The van der Waals surface area contributed by atoms with Crippen LogP contribution in [0, 0.1) is 6.92 Å². The van der Waals surface area contributed by atoms with Crippen molar-refractivity contribution in [1.82, 2.24) is 10.5 Å². The van der Waals surface area contributed by atoms with E-state index in [2.05, 4.69) is 26.4 Å². The smallest absolute Gasteiger partial charge is 0.405 e. The van der Waals surface area contributed by atoms with Gasteiger partial charge in [-0.25, -0.2) is 4.79 Å². The SMILES string of the molecule is Cc1noc(-c2ccc(Br)cc2)c1[C@@H](Cc1cccc(O)c1)NC(=O)O. The summed E-state index contributed by atoms with van der Waals surface area (Å²) in [6.07, 6.45) is -0.788. The number of carboxylic acid groups (broad SMARTS) is 1. The van der Waals surface area contributed by atoms with E-state index >= 15 is 0 Å². The largest absolute Gasteiger partial charge is 0.508 e. The minimum Gasteiger partial charge on any atom is -0.508 e. The van der Waals surface area contributed by atoms with Crippen molar-refractivity contribution >= 4 is 22.0 Å². The van der Waals surface area contributed by atoms with E-state index in [-0.39, 0.29) is 5.75 Å². The maximum absolute atomic E-state index is 11.3. The van der Waals surface area contributed by atoms with E-state index < -0.39 is 12.1 Å². The maximum atomic E-state index is 11.3. The van der Waals surface area contributed by atoms with Crippen LogP contribution in [0.2, 0.25) is 0 Å². The van der Waals surface area contributed by atoms with Gasteiger partial charge in [0.1, 0.15) is 5.75 Å². The van der Waals surface area contributed by atoms with Crippen LogP contribution in [-0.2, 0) is 6.42 Å². The van der Waals surface area contributed by atoms with Crippen molar-refractivity contribution in [3.8, 4) is 17.1 Å². The number of hydrogen-bond acceptors (Lipinski definition) is 4. The number of phenols is 1. The van der Waals surface area contributed by atoms with Crippen molar-refractivity contribution < 1.29 is 19.5 Å². The molecule has 1 heterocycles. The predicted molar refractivity (Wildman–Crippen MR) is 100 cm³/mol. The van der Waals surface area contributed by atoms with Crippen molar-refractivity contribution in [2.45, 2.75) is 19.4 Å². The standard InChI is InChI=1S/C19H17BrN2O4/c1-11-17(18(26-22-11)13-5-7-14(20)8-6-13)16(21-19(24)25)10-12-3-2-4-15(23)9-12/h2-9,16,21,23H,10H2,1H3,(H,24,25)/t16-/m1/s1. The summed E-state index contributed by atoms with van der Waals surface area (Å²) < 4.78 is 6.43. The van der Waals surface area contributed by atoms with Gasteiger partial charge in [-0.2, -0.15) is 0 Å². The van der Waals surface area contributed by atoms with Gasteiger partial charge in [-0.05, 0) is 43.2 Å². The third kappa shape index (κ3) is 4.05. The number of carbonyl (C=O) groups is 1. The molecule has 7 heteroatoms. The molecule has 0 fully saturated rings. The average Bonchev–Trinajstić information content (AvgIpc) is 2.96. The van der Waals surface area contributed by atoms with Crippen LogP contribution in [-0.4, -0.2) is 21.5 Å². The second kappa shape index (κ2) is 7.61. The van der Waals surface area contributed by atoms with Gasteiger partial charge in [-0.15, -0.1) is 0 Å². The fourth-order valence-corrected chi connectivity index (χ4v) is 3.15. The second-order valence-corrected chi connectivity index (χ2v) is 6.81. The second-order valence-electron chi connectivity index (χ2n) is 5.89. The van der Waals surface area contributed by atoms with E-state index in [0.29, 0.717) is 23.4 Å². The van der Waals surface area contributed by atoms with Gasteiger partial charge >= 0.3 is 6.09 Å². The molecule has 0 radical (unpaired) electrons. The number of phenolic OH excluding ortho intramolecular Hbond substituents is 1. The summed E-state index contributed by atoms with van der Waals surface area (Å²) >= 11 is 3.39. The third-order valence-corrected chi connectivity index (χ3v) is 4.54. The fourth-order valence-electron chi connectivity index (χ4n) is 2.89. The summed E-state index contributed by atoms with van der Waals surface area (Å²) in [5.74, 6) is 0.653. The van der Waals surface area contributed by atoms with Crippen LogP contribution >= 0.6 is 15.9 Å². The Labute approximate surface area is 158 Å². The van der Waals surface area contributed by atoms with Crippen molar-refractivity contribution in [2.75, 3.05) is 0 Å². The number of hydrogen-bond donors (Lipinski definition) is 3. The molecule has 0 aliphatic rings. The van der Waals surface area contributed by atoms with E-state index in [4.69, 9.17) is 4.52 Å². The number of nitrogens with zero attached hydrogens (tertiary/aromatic N) is 1. The molecule has 1 amide bonds. The highest BCUT2D eigenvalue weighted by molar-refractivity contribution is 9.10. The molecule has 0 spiro atoms. The lowest BCUT2D eigenvalue weighted by atomic mass is 9.95. The number of benzene rings is 2. The van der Waals surface area contributed by atoms with E-state index in [1.165, 1.54) is 0 Å². The molecule has 0 saturated carbocycles. The summed E-state index contributed by atoms with van der Waals surface area (Å²) in [4.78, 5) is 11.3.